The second-order valence-corrected chi connectivity index (χ2v) is 5.33. The van der Waals surface area contributed by atoms with E-state index in [0.717, 1.165) is 11.5 Å². The first-order valence-corrected chi connectivity index (χ1v) is 8.21. The molecule has 0 aliphatic heterocycles. The van der Waals surface area contributed by atoms with Crippen molar-refractivity contribution in [2.75, 3.05) is 47.6 Å². The monoisotopic (exact) mass is 353 g/mol. The van der Waals surface area contributed by atoms with Crippen molar-refractivity contribution in [3.63, 3.8) is 0 Å². The summed E-state index contributed by atoms with van der Waals surface area (Å²) in [6, 6.07) is 7.28. The molecule has 1 rings (SSSR count). The molecule has 0 atom stereocenters. The van der Waals surface area contributed by atoms with E-state index in [1.165, 1.54) is 7.11 Å². The molecule has 0 radical (unpaired) electrons. The number of amides is 1. The van der Waals surface area contributed by atoms with Gasteiger partial charge in [0.1, 0.15) is 11.5 Å². The molecule has 0 unspecified atom stereocenters. The second kappa shape index (κ2) is 12.1. The molecule has 0 aromatic heterocycles. The maximum absolute atomic E-state index is 12.3. The molecule has 0 spiro atoms. The van der Waals surface area contributed by atoms with Crippen LogP contribution in [0.3, 0.4) is 0 Å². The van der Waals surface area contributed by atoms with Gasteiger partial charge in [0, 0.05) is 26.6 Å². The number of benzene rings is 1. The first-order valence-electron chi connectivity index (χ1n) is 8.21. The molecule has 1 amide bonds. The van der Waals surface area contributed by atoms with E-state index in [0.29, 0.717) is 39.1 Å². The zero-order valence-corrected chi connectivity index (χ0v) is 15.2. The molecule has 7 heteroatoms. The molecule has 1 aromatic rings. The topological polar surface area (TPSA) is 74.3 Å². The molecule has 25 heavy (non-hydrogen) atoms. The van der Waals surface area contributed by atoms with Crippen LogP contribution in [0.2, 0.25) is 0 Å². The molecular weight excluding hydrogens is 326 g/mol. The third-order valence-corrected chi connectivity index (χ3v) is 3.59. The third kappa shape index (κ3) is 8.39. The first kappa shape index (κ1) is 20.8. The first-order chi connectivity index (χ1) is 12.1. The number of esters is 1. The lowest BCUT2D eigenvalue weighted by atomic mass is 10.2. The van der Waals surface area contributed by atoms with Crippen LogP contribution in [-0.4, -0.2) is 64.4 Å². The Balaban J connectivity index is 2.35. The number of ether oxygens (including phenoxy) is 4. The average Bonchev–Trinajstić information content (AvgIpc) is 2.65. The summed E-state index contributed by atoms with van der Waals surface area (Å²) in [4.78, 5) is 25.2. The van der Waals surface area contributed by atoms with Crippen molar-refractivity contribution < 1.29 is 28.5 Å². The van der Waals surface area contributed by atoms with Crippen molar-refractivity contribution in [2.45, 2.75) is 19.3 Å². The maximum Gasteiger partial charge on any atom is 0.307 e. The van der Waals surface area contributed by atoms with Crippen LogP contribution in [0.25, 0.3) is 0 Å². The van der Waals surface area contributed by atoms with Gasteiger partial charge in [0.25, 0.3) is 0 Å². The van der Waals surface area contributed by atoms with Crippen LogP contribution in [0.4, 0.5) is 0 Å². The van der Waals surface area contributed by atoms with Crippen LogP contribution >= 0.6 is 0 Å². The number of hydrogen-bond donors (Lipinski definition) is 0. The Labute approximate surface area is 148 Å². The quantitative estimate of drug-likeness (QED) is 0.422. The SMILES string of the molecule is COCCN(CCC(=O)OC)C(=O)CCCOc1ccc(OC)cc1. The van der Waals surface area contributed by atoms with E-state index in [2.05, 4.69) is 4.74 Å². The smallest absolute Gasteiger partial charge is 0.307 e. The normalized spacial score (nSPS) is 10.2. The minimum Gasteiger partial charge on any atom is -0.497 e. The minimum atomic E-state index is -0.335. The summed E-state index contributed by atoms with van der Waals surface area (Å²) in [7, 11) is 4.52. The lowest BCUT2D eigenvalue weighted by molar-refractivity contribution is -0.142. The molecule has 0 aliphatic rings. The molecule has 140 valence electrons. The lowest BCUT2D eigenvalue weighted by Crippen LogP contribution is -2.35. The van der Waals surface area contributed by atoms with Crippen molar-refractivity contribution in [1.82, 2.24) is 4.90 Å². The largest absolute Gasteiger partial charge is 0.497 e. The Kier molecular flexibility index (Phi) is 10.1. The Morgan fingerprint density at radius 3 is 2.20 bits per heavy atom. The summed E-state index contributed by atoms with van der Waals surface area (Å²) in [6.07, 6.45) is 1.11. The van der Waals surface area contributed by atoms with Crippen LogP contribution < -0.4 is 9.47 Å². The maximum atomic E-state index is 12.3. The number of carbonyl (C=O) groups excluding carboxylic acids is 2. The van der Waals surface area contributed by atoms with Gasteiger partial charge < -0.3 is 23.8 Å². The zero-order valence-electron chi connectivity index (χ0n) is 15.2. The van der Waals surface area contributed by atoms with E-state index in [-0.39, 0.29) is 18.3 Å². The highest BCUT2D eigenvalue weighted by Gasteiger charge is 2.14. The molecule has 0 saturated heterocycles. The number of rotatable bonds is 12. The zero-order chi connectivity index (χ0) is 18.5. The molecule has 0 heterocycles. The van der Waals surface area contributed by atoms with Crippen molar-refractivity contribution in [3.05, 3.63) is 24.3 Å². The van der Waals surface area contributed by atoms with Crippen LogP contribution in [0.15, 0.2) is 24.3 Å². The van der Waals surface area contributed by atoms with Crippen LogP contribution in [-0.2, 0) is 19.1 Å². The van der Waals surface area contributed by atoms with Crippen molar-refractivity contribution in [1.29, 1.82) is 0 Å². The summed E-state index contributed by atoms with van der Waals surface area (Å²) >= 11 is 0. The highest BCUT2D eigenvalue weighted by molar-refractivity contribution is 5.77. The molecule has 0 bridgehead atoms. The number of nitrogens with zero attached hydrogens (tertiary/aromatic N) is 1. The highest BCUT2D eigenvalue weighted by atomic mass is 16.5. The van der Waals surface area contributed by atoms with Gasteiger partial charge in [-0.15, -0.1) is 0 Å². The molecule has 0 fully saturated rings. The summed E-state index contributed by atoms with van der Waals surface area (Å²) in [6.45, 7) is 1.64. The van der Waals surface area contributed by atoms with E-state index in [4.69, 9.17) is 14.2 Å². The predicted molar refractivity (Wildman–Crippen MR) is 92.8 cm³/mol. The molecular formula is C18H27NO6. The summed E-state index contributed by atoms with van der Waals surface area (Å²) in [5, 5.41) is 0. The summed E-state index contributed by atoms with van der Waals surface area (Å²) in [5.41, 5.74) is 0. The Bertz CT molecular complexity index is 517. The van der Waals surface area contributed by atoms with E-state index >= 15 is 0 Å². The van der Waals surface area contributed by atoms with Crippen molar-refractivity contribution in [2.24, 2.45) is 0 Å². The van der Waals surface area contributed by atoms with E-state index in [9.17, 15) is 9.59 Å². The van der Waals surface area contributed by atoms with Gasteiger partial charge in [-0.3, -0.25) is 9.59 Å². The molecule has 7 nitrogen and oxygen atoms in total. The summed E-state index contributed by atoms with van der Waals surface area (Å²) in [5.74, 6) is 1.13. The van der Waals surface area contributed by atoms with Crippen molar-refractivity contribution >= 4 is 11.9 Å². The molecule has 0 saturated carbocycles. The van der Waals surface area contributed by atoms with Crippen LogP contribution in [0.5, 0.6) is 11.5 Å². The van der Waals surface area contributed by atoms with Gasteiger partial charge in [-0.1, -0.05) is 0 Å². The van der Waals surface area contributed by atoms with Crippen molar-refractivity contribution in [3.8, 4) is 11.5 Å². The number of methoxy groups -OCH3 is 3. The van der Waals surface area contributed by atoms with Crippen LogP contribution in [0.1, 0.15) is 19.3 Å². The van der Waals surface area contributed by atoms with Gasteiger partial charge in [-0.05, 0) is 30.7 Å². The fraction of sp³-hybridized carbons (Fsp3) is 0.556. The average molecular weight is 353 g/mol. The van der Waals surface area contributed by atoms with Gasteiger partial charge in [-0.25, -0.2) is 0 Å². The van der Waals surface area contributed by atoms with Crippen LogP contribution in [0, 0.1) is 0 Å². The Hall–Kier alpha value is -2.28. The standard InChI is InChI=1S/C18H27NO6/c1-22-14-12-19(11-10-18(21)24-3)17(20)5-4-13-25-16-8-6-15(23-2)7-9-16/h6-9H,4-5,10-14H2,1-3H3. The third-order valence-electron chi connectivity index (χ3n) is 3.59. The summed E-state index contributed by atoms with van der Waals surface area (Å²) < 4.78 is 20.3. The fourth-order valence-corrected chi connectivity index (χ4v) is 2.13. The minimum absolute atomic E-state index is 0.0284. The lowest BCUT2D eigenvalue weighted by Gasteiger charge is -2.22. The van der Waals surface area contributed by atoms with Gasteiger partial charge in [0.05, 0.1) is 33.9 Å². The molecule has 0 aliphatic carbocycles. The van der Waals surface area contributed by atoms with Gasteiger partial charge in [0.2, 0.25) is 5.91 Å². The Morgan fingerprint density at radius 1 is 0.920 bits per heavy atom. The van der Waals surface area contributed by atoms with Gasteiger partial charge >= 0.3 is 5.97 Å². The van der Waals surface area contributed by atoms with E-state index < -0.39 is 0 Å². The van der Waals surface area contributed by atoms with Gasteiger partial charge in [-0.2, -0.15) is 0 Å². The highest BCUT2D eigenvalue weighted by Crippen LogP contribution is 2.17. The molecule has 0 N–H and O–H groups in total. The predicted octanol–water partition coefficient (Wildman–Crippen LogP) is 1.89. The Morgan fingerprint density at radius 2 is 1.60 bits per heavy atom. The number of carbonyl (C=O) groups is 2. The van der Waals surface area contributed by atoms with Gasteiger partial charge in [0.15, 0.2) is 0 Å². The molecule has 1 aromatic carbocycles. The second-order valence-electron chi connectivity index (χ2n) is 5.33. The fourth-order valence-electron chi connectivity index (χ4n) is 2.13. The van der Waals surface area contributed by atoms with E-state index in [1.54, 1.807) is 19.1 Å². The van der Waals surface area contributed by atoms with E-state index in [1.807, 2.05) is 24.3 Å². The number of hydrogen-bond acceptors (Lipinski definition) is 6.